The Hall–Kier alpha value is -2.19. The lowest BCUT2D eigenvalue weighted by Crippen LogP contribution is -2.17. The van der Waals surface area contributed by atoms with Gasteiger partial charge >= 0.3 is 5.97 Å². The van der Waals surface area contributed by atoms with Crippen LogP contribution in [0.25, 0.3) is 10.8 Å². The number of hydrogen-bond acceptors (Lipinski definition) is 7. The molecule has 7 heteroatoms. The van der Waals surface area contributed by atoms with E-state index in [9.17, 15) is 4.79 Å². The minimum atomic E-state index is -0.349. The monoisotopic (exact) mass is 420 g/mol. The molecule has 2 aromatic carbocycles. The molecule has 0 heterocycles. The van der Waals surface area contributed by atoms with Crippen molar-refractivity contribution in [2.75, 3.05) is 67.1 Å². The molecular formula is C23H32O7. The number of hydrogen-bond donors (Lipinski definition) is 0. The zero-order chi connectivity index (χ0) is 21.6. The number of methoxy groups -OCH3 is 2. The molecule has 0 aliphatic rings. The average molecular weight is 421 g/mol. The first-order valence-corrected chi connectivity index (χ1v) is 10.1. The summed E-state index contributed by atoms with van der Waals surface area (Å²) in [6.07, 6.45) is 0. The smallest absolute Gasteiger partial charge is 0.313 e. The van der Waals surface area contributed by atoms with Crippen LogP contribution in [0.15, 0.2) is 36.4 Å². The van der Waals surface area contributed by atoms with Crippen LogP contribution in [0, 0.1) is 0 Å². The summed E-state index contributed by atoms with van der Waals surface area (Å²) in [4.78, 5) is 12.3. The van der Waals surface area contributed by atoms with Gasteiger partial charge in [0.2, 0.25) is 0 Å². The maximum absolute atomic E-state index is 12.3. The van der Waals surface area contributed by atoms with Gasteiger partial charge in [-0.1, -0.05) is 24.3 Å². The number of carbonyl (C=O) groups is 1. The molecule has 2 rings (SSSR count). The summed E-state index contributed by atoms with van der Waals surface area (Å²) in [6.45, 7) is 5.50. The Morgan fingerprint density at radius 1 is 0.767 bits per heavy atom. The molecule has 0 saturated heterocycles. The summed E-state index contributed by atoms with van der Waals surface area (Å²) in [5.41, 5.74) is 0.916. The van der Waals surface area contributed by atoms with Crippen LogP contribution in [-0.4, -0.2) is 73.0 Å². The molecule has 0 N–H and O–H groups in total. The summed E-state index contributed by atoms with van der Waals surface area (Å²) >= 11 is 0. The molecular weight excluding hydrogens is 388 g/mol. The number of ether oxygens (including phenoxy) is 6. The highest BCUT2D eigenvalue weighted by atomic mass is 16.6. The second-order valence-electron chi connectivity index (χ2n) is 6.69. The normalized spacial score (nSPS) is 12.1. The minimum Gasteiger partial charge on any atom is -0.497 e. The van der Waals surface area contributed by atoms with Crippen LogP contribution in [0.5, 0.6) is 5.75 Å². The number of carbonyl (C=O) groups excluding carboxylic acids is 1. The summed E-state index contributed by atoms with van der Waals surface area (Å²) in [6, 6.07) is 11.8. The third-order valence-electron chi connectivity index (χ3n) is 4.57. The van der Waals surface area contributed by atoms with Gasteiger partial charge < -0.3 is 28.4 Å². The van der Waals surface area contributed by atoms with E-state index in [1.807, 2.05) is 43.3 Å². The molecule has 2 aromatic rings. The van der Waals surface area contributed by atoms with Gasteiger partial charge in [-0.15, -0.1) is 0 Å². The molecule has 166 valence electrons. The van der Waals surface area contributed by atoms with E-state index in [1.54, 1.807) is 14.2 Å². The first-order chi connectivity index (χ1) is 14.7. The van der Waals surface area contributed by atoms with E-state index in [1.165, 1.54) is 0 Å². The number of esters is 1. The molecule has 0 amide bonds. The zero-order valence-corrected chi connectivity index (χ0v) is 18.1. The molecule has 30 heavy (non-hydrogen) atoms. The highest BCUT2D eigenvalue weighted by Gasteiger charge is 2.17. The average Bonchev–Trinajstić information content (AvgIpc) is 2.78. The molecule has 0 aliphatic heterocycles. The van der Waals surface area contributed by atoms with E-state index >= 15 is 0 Å². The highest BCUT2D eigenvalue weighted by Crippen LogP contribution is 2.25. The zero-order valence-electron chi connectivity index (χ0n) is 18.1. The number of benzene rings is 2. The second kappa shape index (κ2) is 13.9. The van der Waals surface area contributed by atoms with Crippen molar-refractivity contribution in [2.45, 2.75) is 12.8 Å². The van der Waals surface area contributed by atoms with Crippen molar-refractivity contribution in [1.29, 1.82) is 0 Å². The predicted octanol–water partition coefficient (Wildman–Crippen LogP) is 3.19. The fourth-order valence-electron chi connectivity index (χ4n) is 2.79. The summed E-state index contributed by atoms with van der Waals surface area (Å²) < 4.78 is 31.5. The van der Waals surface area contributed by atoms with Crippen molar-refractivity contribution in [3.05, 3.63) is 42.0 Å². The molecule has 1 atom stereocenters. The van der Waals surface area contributed by atoms with Gasteiger partial charge in [0.1, 0.15) is 12.4 Å². The quantitative estimate of drug-likeness (QED) is 0.324. The first kappa shape index (κ1) is 24.1. The third kappa shape index (κ3) is 8.28. The van der Waals surface area contributed by atoms with Crippen molar-refractivity contribution in [1.82, 2.24) is 0 Å². The van der Waals surface area contributed by atoms with Crippen molar-refractivity contribution in [3.8, 4) is 5.75 Å². The van der Waals surface area contributed by atoms with Crippen molar-refractivity contribution in [2.24, 2.45) is 0 Å². The van der Waals surface area contributed by atoms with Gasteiger partial charge in [-0.05, 0) is 35.4 Å². The van der Waals surface area contributed by atoms with Gasteiger partial charge in [0.05, 0.1) is 59.3 Å². The van der Waals surface area contributed by atoms with Gasteiger partial charge in [0.25, 0.3) is 0 Å². The standard InChI is InChI=1S/C23H32O7/c1-18(19-4-5-21-17-22(26-3)7-6-20(21)16-19)23(24)30-15-14-29-13-12-28-11-10-27-9-8-25-2/h4-7,16-18H,8-15H2,1-3H3/t18-/m1/s1. The Bertz CT molecular complexity index is 762. The van der Waals surface area contributed by atoms with Crippen molar-refractivity contribution in [3.63, 3.8) is 0 Å². The van der Waals surface area contributed by atoms with Crippen LogP contribution in [0.3, 0.4) is 0 Å². The van der Waals surface area contributed by atoms with Gasteiger partial charge in [-0.2, -0.15) is 0 Å². The largest absolute Gasteiger partial charge is 0.497 e. The Labute approximate surface area is 178 Å². The molecule has 7 nitrogen and oxygen atoms in total. The molecule has 0 aliphatic carbocycles. The molecule has 0 spiro atoms. The van der Waals surface area contributed by atoms with Crippen molar-refractivity contribution >= 4 is 16.7 Å². The van der Waals surface area contributed by atoms with Gasteiger partial charge in [0.15, 0.2) is 0 Å². The summed E-state index contributed by atoms with van der Waals surface area (Å²) in [5.74, 6) is 0.192. The Morgan fingerprint density at radius 2 is 1.33 bits per heavy atom. The van der Waals surface area contributed by atoms with Crippen LogP contribution >= 0.6 is 0 Å². The molecule has 0 fully saturated rings. The number of rotatable bonds is 15. The van der Waals surface area contributed by atoms with Crippen LogP contribution < -0.4 is 4.74 Å². The van der Waals surface area contributed by atoms with E-state index in [2.05, 4.69) is 0 Å². The molecule has 0 unspecified atom stereocenters. The summed E-state index contributed by atoms with van der Waals surface area (Å²) in [5, 5.41) is 2.12. The predicted molar refractivity (Wildman–Crippen MR) is 114 cm³/mol. The fourth-order valence-corrected chi connectivity index (χ4v) is 2.79. The van der Waals surface area contributed by atoms with E-state index in [4.69, 9.17) is 28.4 Å². The van der Waals surface area contributed by atoms with Gasteiger partial charge in [-0.3, -0.25) is 4.79 Å². The highest BCUT2D eigenvalue weighted by molar-refractivity contribution is 5.86. The minimum absolute atomic E-state index is 0.216. The fraction of sp³-hybridized carbons (Fsp3) is 0.522. The Morgan fingerprint density at radius 3 is 1.97 bits per heavy atom. The second-order valence-corrected chi connectivity index (χ2v) is 6.69. The van der Waals surface area contributed by atoms with Gasteiger partial charge in [0, 0.05) is 7.11 Å². The molecule has 0 saturated carbocycles. The lowest BCUT2D eigenvalue weighted by molar-refractivity contribution is -0.146. The van der Waals surface area contributed by atoms with Gasteiger partial charge in [-0.25, -0.2) is 0 Å². The topological polar surface area (TPSA) is 72.5 Å². The lowest BCUT2D eigenvalue weighted by atomic mass is 9.98. The Balaban J connectivity index is 1.60. The maximum Gasteiger partial charge on any atom is 0.313 e. The van der Waals surface area contributed by atoms with E-state index in [0.29, 0.717) is 46.2 Å². The van der Waals surface area contributed by atoms with Crippen LogP contribution in [0.1, 0.15) is 18.4 Å². The van der Waals surface area contributed by atoms with E-state index < -0.39 is 0 Å². The van der Waals surface area contributed by atoms with Crippen LogP contribution in [0.2, 0.25) is 0 Å². The van der Waals surface area contributed by atoms with E-state index in [-0.39, 0.29) is 18.5 Å². The third-order valence-corrected chi connectivity index (χ3v) is 4.57. The number of fused-ring (bicyclic) bond motifs is 1. The summed E-state index contributed by atoms with van der Waals surface area (Å²) in [7, 11) is 3.28. The van der Waals surface area contributed by atoms with E-state index in [0.717, 1.165) is 22.1 Å². The SMILES string of the molecule is COCCOCCOCCOCCOC(=O)[C@H](C)c1ccc2cc(OC)ccc2c1. The van der Waals surface area contributed by atoms with Crippen LogP contribution in [-0.2, 0) is 28.5 Å². The molecule has 0 radical (unpaired) electrons. The van der Waals surface area contributed by atoms with Crippen LogP contribution in [0.4, 0.5) is 0 Å². The van der Waals surface area contributed by atoms with Crippen molar-refractivity contribution < 1.29 is 33.2 Å². The Kier molecular flexibility index (Phi) is 11.2. The molecule has 0 bridgehead atoms. The molecule has 0 aromatic heterocycles. The first-order valence-electron chi connectivity index (χ1n) is 10.1. The lowest BCUT2D eigenvalue weighted by Gasteiger charge is -2.13. The maximum atomic E-state index is 12.3.